The van der Waals surface area contributed by atoms with Crippen molar-refractivity contribution in [1.82, 2.24) is 15.2 Å². The van der Waals surface area contributed by atoms with Crippen molar-refractivity contribution in [3.63, 3.8) is 0 Å². The predicted molar refractivity (Wildman–Crippen MR) is 63.2 cm³/mol. The molecule has 1 aliphatic rings. The third-order valence-corrected chi connectivity index (χ3v) is 3.01. The van der Waals surface area contributed by atoms with Crippen molar-refractivity contribution >= 4 is 5.91 Å². The lowest BCUT2D eigenvalue weighted by atomic mass is 10.1. The first kappa shape index (κ1) is 11.2. The zero-order chi connectivity index (χ0) is 11.4. The van der Waals surface area contributed by atoms with Crippen molar-refractivity contribution in [2.24, 2.45) is 0 Å². The fourth-order valence-corrected chi connectivity index (χ4v) is 2.08. The maximum atomic E-state index is 11.9. The maximum absolute atomic E-state index is 11.9. The molecule has 1 aromatic heterocycles. The van der Waals surface area contributed by atoms with Crippen molar-refractivity contribution < 1.29 is 4.79 Å². The van der Waals surface area contributed by atoms with Gasteiger partial charge in [0.05, 0.1) is 0 Å². The molecule has 1 aromatic rings. The van der Waals surface area contributed by atoms with Crippen LogP contribution in [-0.4, -0.2) is 41.5 Å². The van der Waals surface area contributed by atoms with Crippen LogP contribution in [0.3, 0.4) is 0 Å². The SMILES string of the molecule is CC1CN(C(=O)CCc2cc[nH]c2)CCN1. The second-order valence-electron chi connectivity index (χ2n) is 4.41. The Morgan fingerprint density at radius 2 is 2.50 bits per heavy atom. The number of piperazine rings is 1. The van der Waals surface area contributed by atoms with E-state index < -0.39 is 0 Å². The molecular weight excluding hydrogens is 202 g/mol. The molecule has 0 aliphatic carbocycles. The third kappa shape index (κ3) is 2.85. The molecule has 0 bridgehead atoms. The third-order valence-electron chi connectivity index (χ3n) is 3.01. The van der Waals surface area contributed by atoms with Crippen molar-refractivity contribution in [2.45, 2.75) is 25.8 Å². The van der Waals surface area contributed by atoms with Crippen LogP contribution in [0.25, 0.3) is 0 Å². The van der Waals surface area contributed by atoms with Gasteiger partial charge in [-0.05, 0) is 25.0 Å². The first-order chi connectivity index (χ1) is 7.75. The molecule has 1 unspecified atom stereocenters. The van der Waals surface area contributed by atoms with Gasteiger partial charge in [0.15, 0.2) is 0 Å². The summed E-state index contributed by atoms with van der Waals surface area (Å²) >= 11 is 0. The molecule has 4 heteroatoms. The largest absolute Gasteiger partial charge is 0.367 e. The average molecular weight is 221 g/mol. The van der Waals surface area contributed by atoms with E-state index in [0.717, 1.165) is 26.1 Å². The smallest absolute Gasteiger partial charge is 0.222 e. The van der Waals surface area contributed by atoms with E-state index in [0.29, 0.717) is 12.5 Å². The Hall–Kier alpha value is -1.29. The molecule has 4 nitrogen and oxygen atoms in total. The number of nitrogens with one attached hydrogen (secondary N) is 2. The van der Waals surface area contributed by atoms with Gasteiger partial charge in [0.1, 0.15) is 0 Å². The Balaban J connectivity index is 1.79. The summed E-state index contributed by atoms with van der Waals surface area (Å²) in [5.41, 5.74) is 1.21. The predicted octanol–water partition coefficient (Wildman–Crippen LogP) is 0.768. The van der Waals surface area contributed by atoms with Gasteiger partial charge in [-0.3, -0.25) is 4.79 Å². The molecule has 1 amide bonds. The lowest BCUT2D eigenvalue weighted by Gasteiger charge is -2.32. The van der Waals surface area contributed by atoms with E-state index in [1.807, 2.05) is 23.4 Å². The van der Waals surface area contributed by atoms with Gasteiger partial charge >= 0.3 is 0 Å². The molecule has 2 N–H and O–H groups in total. The minimum Gasteiger partial charge on any atom is -0.367 e. The summed E-state index contributed by atoms with van der Waals surface area (Å²) in [4.78, 5) is 16.9. The normalized spacial score (nSPS) is 21.1. The first-order valence-electron chi connectivity index (χ1n) is 5.88. The summed E-state index contributed by atoms with van der Waals surface area (Å²) in [5.74, 6) is 0.273. The van der Waals surface area contributed by atoms with Gasteiger partial charge in [-0.15, -0.1) is 0 Å². The van der Waals surface area contributed by atoms with Crippen molar-refractivity contribution in [2.75, 3.05) is 19.6 Å². The fourth-order valence-electron chi connectivity index (χ4n) is 2.08. The number of carbonyl (C=O) groups is 1. The van der Waals surface area contributed by atoms with E-state index in [1.165, 1.54) is 5.56 Å². The van der Waals surface area contributed by atoms with E-state index >= 15 is 0 Å². The lowest BCUT2D eigenvalue weighted by Crippen LogP contribution is -2.51. The number of carbonyl (C=O) groups excluding carboxylic acids is 1. The van der Waals surface area contributed by atoms with Gasteiger partial charge in [-0.2, -0.15) is 0 Å². The zero-order valence-corrected chi connectivity index (χ0v) is 9.70. The molecule has 1 saturated heterocycles. The van der Waals surface area contributed by atoms with Crippen LogP contribution in [-0.2, 0) is 11.2 Å². The van der Waals surface area contributed by atoms with Crippen molar-refractivity contribution in [3.05, 3.63) is 24.0 Å². The summed E-state index contributed by atoms with van der Waals surface area (Å²) in [5, 5.41) is 3.34. The van der Waals surface area contributed by atoms with Crippen molar-refractivity contribution in [3.8, 4) is 0 Å². The molecule has 1 fully saturated rings. The Kier molecular flexibility index (Phi) is 3.62. The summed E-state index contributed by atoms with van der Waals surface area (Å²) in [6.07, 6.45) is 5.30. The Labute approximate surface area is 96.0 Å². The average Bonchev–Trinajstić information content (AvgIpc) is 2.78. The number of rotatable bonds is 3. The summed E-state index contributed by atoms with van der Waals surface area (Å²) < 4.78 is 0. The standard InChI is InChI=1S/C12H19N3O/c1-10-9-15(7-6-14-10)12(16)3-2-11-4-5-13-8-11/h4-5,8,10,13-14H,2-3,6-7,9H2,1H3. The number of aromatic amines is 1. The Morgan fingerprint density at radius 1 is 1.62 bits per heavy atom. The molecule has 88 valence electrons. The molecule has 0 aromatic carbocycles. The lowest BCUT2D eigenvalue weighted by molar-refractivity contribution is -0.132. The van der Waals surface area contributed by atoms with Gasteiger partial charge in [0.2, 0.25) is 5.91 Å². The minimum atomic E-state index is 0.273. The number of aromatic nitrogens is 1. The summed E-state index contributed by atoms with van der Waals surface area (Å²) in [6.45, 7) is 4.71. The topological polar surface area (TPSA) is 48.1 Å². The highest BCUT2D eigenvalue weighted by Gasteiger charge is 2.19. The number of H-pyrrole nitrogens is 1. The highest BCUT2D eigenvalue weighted by Crippen LogP contribution is 2.06. The molecule has 1 atom stereocenters. The van der Waals surface area contributed by atoms with Crippen LogP contribution in [0.1, 0.15) is 18.9 Å². The number of hydrogen-bond acceptors (Lipinski definition) is 2. The molecule has 1 aliphatic heterocycles. The van der Waals surface area contributed by atoms with Crippen molar-refractivity contribution in [1.29, 1.82) is 0 Å². The number of aryl methyl sites for hydroxylation is 1. The molecular formula is C12H19N3O. The van der Waals surface area contributed by atoms with Crippen LogP contribution < -0.4 is 5.32 Å². The molecule has 0 radical (unpaired) electrons. The van der Waals surface area contributed by atoms with E-state index in [1.54, 1.807) is 0 Å². The second kappa shape index (κ2) is 5.16. The highest BCUT2D eigenvalue weighted by atomic mass is 16.2. The second-order valence-corrected chi connectivity index (χ2v) is 4.41. The van der Waals surface area contributed by atoms with Crippen LogP contribution in [0.5, 0.6) is 0 Å². The zero-order valence-electron chi connectivity index (χ0n) is 9.70. The van der Waals surface area contributed by atoms with Crippen LogP contribution in [0.15, 0.2) is 18.5 Å². The monoisotopic (exact) mass is 221 g/mol. The number of amides is 1. The molecule has 0 saturated carbocycles. The Morgan fingerprint density at radius 3 is 3.19 bits per heavy atom. The first-order valence-corrected chi connectivity index (χ1v) is 5.88. The van der Waals surface area contributed by atoms with Crippen LogP contribution >= 0.6 is 0 Å². The van der Waals surface area contributed by atoms with E-state index in [9.17, 15) is 4.79 Å². The van der Waals surface area contributed by atoms with Gasteiger partial charge < -0.3 is 15.2 Å². The molecule has 2 heterocycles. The van der Waals surface area contributed by atoms with Crippen LogP contribution in [0, 0.1) is 0 Å². The molecule has 2 rings (SSSR count). The minimum absolute atomic E-state index is 0.273. The van der Waals surface area contributed by atoms with E-state index in [4.69, 9.17) is 0 Å². The van der Waals surface area contributed by atoms with E-state index in [-0.39, 0.29) is 5.91 Å². The van der Waals surface area contributed by atoms with Crippen LogP contribution in [0.4, 0.5) is 0 Å². The van der Waals surface area contributed by atoms with E-state index in [2.05, 4.69) is 17.2 Å². The van der Waals surface area contributed by atoms with Gasteiger partial charge in [0, 0.05) is 44.5 Å². The Bertz CT molecular complexity index is 334. The maximum Gasteiger partial charge on any atom is 0.222 e. The quantitative estimate of drug-likeness (QED) is 0.792. The van der Waals surface area contributed by atoms with Gasteiger partial charge in [0.25, 0.3) is 0 Å². The number of nitrogens with zero attached hydrogens (tertiary/aromatic N) is 1. The van der Waals surface area contributed by atoms with Gasteiger partial charge in [-0.1, -0.05) is 0 Å². The number of hydrogen-bond donors (Lipinski definition) is 2. The molecule has 0 spiro atoms. The van der Waals surface area contributed by atoms with Crippen LogP contribution in [0.2, 0.25) is 0 Å². The summed E-state index contributed by atoms with van der Waals surface area (Å²) in [6, 6.07) is 2.44. The van der Waals surface area contributed by atoms with Gasteiger partial charge in [-0.25, -0.2) is 0 Å². The molecule has 16 heavy (non-hydrogen) atoms. The summed E-state index contributed by atoms with van der Waals surface area (Å²) in [7, 11) is 0. The highest BCUT2D eigenvalue weighted by molar-refractivity contribution is 5.76. The fraction of sp³-hybridized carbons (Fsp3) is 0.583.